The van der Waals surface area contributed by atoms with E-state index in [2.05, 4.69) is 26.3 Å². The molecule has 1 saturated carbocycles. The van der Waals surface area contributed by atoms with Crippen LogP contribution in [-0.2, 0) is 10.9 Å². The fraction of sp³-hybridized carbons (Fsp3) is 0.593. The Bertz CT molecular complexity index is 1190. The van der Waals surface area contributed by atoms with E-state index in [0.717, 1.165) is 36.0 Å². The first-order valence-electron chi connectivity index (χ1n) is 13.1. The zero-order valence-corrected chi connectivity index (χ0v) is 26.1. The number of anilines is 3. The van der Waals surface area contributed by atoms with Crippen LogP contribution in [0.15, 0.2) is 24.4 Å². The number of amides is 1. The average molecular weight is 640 g/mol. The maximum atomic E-state index is 13.6. The molecule has 7 nitrogen and oxygen atoms in total. The van der Waals surface area contributed by atoms with Crippen LogP contribution in [0.25, 0.3) is 0 Å². The molecule has 1 atom stereocenters. The summed E-state index contributed by atoms with van der Waals surface area (Å²) in [4.78, 5) is 30.8. The van der Waals surface area contributed by atoms with Gasteiger partial charge >= 0.3 is 192 Å². The third-order valence-electron chi connectivity index (χ3n) is 6.72. The van der Waals surface area contributed by atoms with Crippen molar-refractivity contribution in [1.29, 1.82) is 0 Å². The first-order chi connectivity index (χ1) is 17.5. The van der Waals surface area contributed by atoms with Gasteiger partial charge in [0, 0.05) is 0 Å². The number of nitrogens with one attached hydrogen (secondary N) is 1. The standard InChI is InChI=1S/C24H29F3N5O2.3CH3.Sn/c1-15-14-31(9-10-32(15)22(33)34-23(2,3)4)18-7-8-20(19(11-18)16-5-6-16)30-21-28-12-17(13-29-21)24(25,26)27;;;;/h7-8,11-12,15-16H,5-6,9-10,14H2,1-4H3,(H,28,29,30);3*1H3;/t15-;;;;/m1..../s1. The van der Waals surface area contributed by atoms with Gasteiger partial charge in [-0.1, -0.05) is 0 Å². The molecule has 0 spiro atoms. The molecule has 2 heterocycles. The summed E-state index contributed by atoms with van der Waals surface area (Å²) in [6, 6.07) is 6.13. The van der Waals surface area contributed by atoms with E-state index >= 15 is 0 Å². The number of carbonyl (C=O) groups excluding carboxylic acids is 1. The first kappa shape index (κ1) is 28.8. The minimum absolute atomic E-state index is 0.0107. The number of rotatable bonds is 5. The van der Waals surface area contributed by atoms with E-state index in [-0.39, 0.29) is 21.8 Å². The smallest absolute Gasteiger partial charge is 0.444 e. The van der Waals surface area contributed by atoms with E-state index in [0.29, 0.717) is 25.6 Å². The van der Waals surface area contributed by atoms with Gasteiger partial charge in [-0.25, -0.2) is 4.79 Å². The Labute approximate surface area is 227 Å². The molecule has 11 heteroatoms. The molecule has 4 rings (SSSR count). The van der Waals surface area contributed by atoms with Crippen LogP contribution in [0, 0.1) is 0 Å². The van der Waals surface area contributed by atoms with Gasteiger partial charge in [0.1, 0.15) is 5.60 Å². The van der Waals surface area contributed by atoms with Crippen LogP contribution in [0.3, 0.4) is 0 Å². The predicted octanol–water partition coefficient (Wildman–Crippen LogP) is 6.11. The van der Waals surface area contributed by atoms with Crippen LogP contribution in [0.5, 0.6) is 0 Å². The van der Waals surface area contributed by atoms with Crippen LogP contribution in [-0.4, -0.2) is 70.6 Å². The second-order valence-corrected chi connectivity index (χ2v) is 26.5. The summed E-state index contributed by atoms with van der Waals surface area (Å²) >= 11 is -3.19. The molecule has 1 saturated heterocycles. The molecule has 0 unspecified atom stereocenters. The summed E-state index contributed by atoms with van der Waals surface area (Å²) in [7, 11) is 0. The Balaban J connectivity index is 1.54. The normalized spacial score (nSPS) is 18.9. The Morgan fingerprint density at radius 3 is 2.37 bits per heavy atom. The van der Waals surface area contributed by atoms with E-state index in [1.165, 1.54) is 0 Å². The Hall–Kier alpha value is -2.24. The van der Waals surface area contributed by atoms with Crippen molar-refractivity contribution in [2.75, 3.05) is 29.9 Å². The van der Waals surface area contributed by atoms with Crippen LogP contribution in [0.2, 0.25) is 14.8 Å². The third-order valence-corrected chi connectivity index (χ3v) is 11.9. The van der Waals surface area contributed by atoms with Crippen molar-refractivity contribution in [3.8, 4) is 0 Å². The van der Waals surface area contributed by atoms with Gasteiger partial charge in [-0.05, 0) is 20.8 Å². The van der Waals surface area contributed by atoms with Gasteiger partial charge in [0.15, 0.2) is 0 Å². The summed E-state index contributed by atoms with van der Waals surface area (Å²) < 4.78 is 46.6. The summed E-state index contributed by atoms with van der Waals surface area (Å²) in [6.07, 6.45) is -1.71. The molecule has 1 aromatic heterocycles. The number of nitrogens with zero attached hydrogens (tertiary/aromatic N) is 4. The molecule has 2 aromatic rings. The van der Waals surface area contributed by atoms with Gasteiger partial charge < -0.3 is 4.74 Å². The number of benzene rings is 1. The van der Waals surface area contributed by atoms with Gasteiger partial charge in [0.05, 0.1) is 0 Å². The van der Waals surface area contributed by atoms with E-state index in [1.807, 2.05) is 54.6 Å². The molecule has 2 fully saturated rings. The number of hydrogen-bond acceptors (Lipinski definition) is 6. The van der Waals surface area contributed by atoms with Crippen molar-refractivity contribution >= 4 is 45.5 Å². The summed E-state index contributed by atoms with van der Waals surface area (Å²) in [5, 5.41) is 3.22. The number of alkyl halides is 3. The van der Waals surface area contributed by atoms with Crippen LogP contribution < -0.4 is 13.9 Å². The van der Waals surface area contributed by atoms with Gasteiger partial charge in [0.2, 0.25) is 0 Å². The van der Waals surface area contributed by atoms with Gasteiger partial charge in [-0.2, -0.15) is 0 Å². The molecule has 1 amide bonds. The van der Waals surface area contributed by atoms with E-state index in [1.54, 1.807) is 4.90 Å². The second-order valence-electron chi connectivity index (χ2n) is 12.3. The number of carbonyl (C=O) groups is 1. The predicted molar refractivity (Wildman–Crippen MR) is 146 cm³/mol. The fourth-order valence-electron chi connectivity index (χ4n) is 4.72. The molecule has 0 bridgehead atoms. The van der Waals surface area contributed by atoms with E-state index < -0.39 is 35.7 Å². The van der Waals surface area contributed by atoms with Crippen molar-refractivity contribution in [3.05, 3.63) is 35.5 Å². The zero-order chi connectivity index (χ0) is 28.0. The van der Waals surface area contributed by atoms with Crippen molar-refractivity contribution in [2.45, 2.75) is 79.1 Å². The minimum Gasteiger partial charge on any atom is -0.444 e. The number of aromatic nitrogens is 2. The Morgan fingerprint density at radius 1 is 1.13 bits per heavy atom. The summed E-state index contributed by atoms with van der Waals surface area (Å²) in [6.45, 7) is 9.55. The number of ether oxygens (including phenoxy) is 1. The Kier molecular flexibility index (Phi) is 7.86. The van der Waals surface area contributed by atoms with Crippen molar-refractivity contribution in [1.82, 2.24) is 14.9 Å². The molecule has 1 aromatic carbocycles. The Morgan fingerprint density at radius 2 is 1.82 bits per heavy atom. The fourth-order valence-corrected chi connectivity index (χ4v) is 8.87. The summed E-state index contributed by atoms with van der Waals surface area (Å²) in [5.74, 6) is 0.600. The van der Waals surface area contributed by atoms with E-state index in [4.69, 9.17) is 4.74 Å². The van der Waals surface area contributed by atoms with Gasteiger partial charge in [-0.3, -0.25) is 0 Å². The average Bonchev–Trinajstić information content (AvgIpc) is 3.62. The number of piperazine rings is 1. The van der Waals surface area contributed by atoms with Crippen LogP contribution in [0.1, 0.15) is 57.6 Å². The molecule has 2 aliphatic rings. The van der Waals surface area contributed by atoms with Crippen LogP contribution in [0.4, 0.5) is 35.3 Å². The zero-order valence-electron chi connectivity index (χ0n) is 23.2. The topological polar surface area (TPSA) is 70.6 Å². The maximum absolute atomic E-state index is 13.6. The van der Waals surface area contributed by atoms with Gasteiger partial charge in [0.25, 0.3) is 0 Å². The molecular formula is C27H38F3N5O2Sn. The van der Waals surface area contributed by atoms with Gasteiger partial charge in [-0.15, -0.1) is 0 Å². The molecule has 208 valence electrons. The van der Waals surface area contributed by atoms with Crippen molar-refractivity contribution in [2.24, 2.45) is 0 Å². The molecule has 1 aliphatic carbocycles. The molecular weight excluding hydrogens is 602 g/mol. The first-order valence-corrected chi connectivity index (χ1v) is 23.1. The molecule has 0 radical (unpaired) electrons. The molecule has 38 heavy (non-hydrogen) atoms. The molecule has 1 N–H and O–H groups in total. The SMILES string of the molecule is C[C@@H]1CN(c2ccc(Nc3ncc(C(F)(F)F)[c]([Sn]([CH3])([CH3])[CH3])n3)c(C3CC3)c2)CCN1C(=O)OC(C)(C)C. The number of halogens is 3. The quantitative estimate of drug-likeness (QED) is 0.399. The van der Waals surface area contributed by atoms with Crippen molar-refractivity contribution in [3.63, 3.8) is 0 Å². The monoisotopic (exact) mass is 641 g/mol. The second kappa shape index (κ2) is 10.4. The molecule has 1 aliphatic heterocycles. The number of hydrogen-bond donors (Lipinski definition) is 1. The van der Waals surface area contributed by atoms with Crippen LogP contribution >= 0.6 is 0 Å². The third kappa shape index (κ3) is 6.84. The minimum atomic E-state index is -4.47. The van der Waals surface area contributed by atoms with E-state index in [9.17, 15) is 18.0 Å². The summed E-state index contributed by atoms with van der Waals surface area (Å²) in [5.41, 5.74) is 1.75. The van der Waals surface area contributed by atoms with Crippen molar-refractivity contribution < 1.29 is 22.7 Å².